The summed E-state index contributed by atoms with van der Waals surface area (Å²) in [4.78, 5) is 30.7. The van der Waals surface area contributed by atoms with Crippen LogP contribution in [-0.4, -0.2) is 34.2 Å². The van der Waals surface area contributed by atoms with Crippen LogP contribution in [0.2, 0.25) is 5.02 Å². The van der Waals surface area contributed by atoms with Crippen molar-refractivity contribution in [3.63, 3.8) is 0 Å². The van der Waals surface area contributed by atoms with E-state index in [9.17, 15) is 9.59 Å². The number of carbonyl (C=O) groups is 2. The SMILES string of the molecule is CN1C(=O)C[C@H](C(=O)Nc2ccccc2)SC1=Nc1cccc(Cl)c1. The molecule has 1 heterocycles. The molecule has 2 aromatic rings. The van der Waals surface area contributed by atoms with Gasteiger partial charge in [-0.2, -0.15) is 0 Å². The highest BCUT2D eigenvalue weighted by Gasteiger charge is 2.34. The number of para-hydroxylation sites is 1. The van der Waals surface area contributed by atoms with Gasteiger partial charge in [0.05, 0.1) is 5.69 Å². The summed E-state index contributed by atoms with van der Waals surface area (Å²) in [7, 11) is 1.66. The number of amides is 2. The zero-order chi connectivity index (χ0) is 17.8. The summed E-state index contributed by atoms with van der Waals surface area (Å²) in [6.07, 6.45) is 0.133. The Bertz CT molecular complexity index is 826. The van der Waals surface area contributed by atoms with Gasteiger partial charge < -0.3 is 5.32 Å². The van der Waals surface area contributed by atoms with Gasteiger partial charge in [-0.3, -0.25) is 14.5 Å². The Hall–Kier alpha value is -2.31. The molecular formula is C18H16ClN3O2S. The number of rotatable bonds is 3. The first kappa shape index (κ1) is 17.5. The van der Waals surface area contributed by atoms with Crippen molar-refractivity contribution < 1.29 is 9.59 Å². The van der Waals surface area contributed by atoms with Gasteiger partial charge in [0.15, 0.2) is 5.17 Å². The van der Waals surface area contributed by atoms with Crippen molar-refractivity contribution in [3.8, 4) is 0 Å². The molecule has 2 amide bonds. The fourth-order valence-corrected chi connectivity index (χ4v) is 3.55. The minimum atomic E-state index is -0.526. The van der Waals surface area contributed by atoms with Crippen molar-refractivity contribution in [2.75, 3.05) is 12.4 Å². The minimum Gasteiger partial charge on any atom is -0.325 e. The van der Waals surface area contributed by atoms with E-state index in [1.807, 2.05) is 18.2 Å². The fourth-order valence-electron chi connectivity index (χ4n) is 2.30. The molecule has 1 aliphatic rings. The zero-order valence-corrected chi connectivity index (χ0v) is 15.1. The predicted octanol–water partition coefficient (Wildman–Crippen LogP) is 3.93. The number of nitrogens with zero attached hydrogens (tertiary/aromatic N) is 2. The lowest BCUT2D eigenvalue weighted by molar-refractivity contribution is -0.128. The lowest BCUT2D eigenvalue weighted by Crippen LogP contribution is -2.43. The van der Waals surface area contributed by atoms with E-state index in [-0.39, 0.29) is 18.2 Å². The second-order valence-corrected chi connectivity index (χ2v) is 7.10. The molecule has 3 rings (SSSR count). The molecule has 1 fully saturated rings. The third-order valence-corrected chi connectivity index (χ3v) is 5.11. The number of amidine groups is 1. The van der Waals surface area contributed by atoms with Crippen LogP contribution in [0.5, 0.6) is 0 Å². The first-order valence-corrected chi connectivity index (χ1v) is 8.92. The molecule has 1 aliphatic heterocycles. The van der Waals surface area contributed by atoms with Gasteiger partial charge in [-0.1, -0.05) is 47.6 Å². The Morgan fingerprint density at radius 1 is 1.24 bits per heavy atom. The summed E-state index contributed by atoms with van der Waals surface area (Å²) in [5, 5.41) is 3.35. The average Bonchev–Trinajstić information content (AvgIpc) is 2.59. The Labute approximate surface area is 155 Å². The first-order chi connectivity index (χ1) is 12.0. The van der Waals surface area contributed by atoms with E-state index < -0.39 is 5.25 Å². The van der Waals surface area contributed by atoms with Crippen molar-refractivity contribution >= 4 is 51.7 Å². The van der Waals surface area contributed by atoms with Crippen LogP contribution in [-0.2, 0) is 9.59 Å². The number of halogens is 1. The summed E-state index contributed by atoms with van der Waals surface area (Å²) in [6.45, 7) is 0. The molecule has 0 unspecified atom stereocenters. The van der Waals surface area contributed by atoms with Crippen molar-refractivity contribution in [2.24, 2.45) is 4.99 Å². The van der Waals surface area contributed by atoms with Crippen LogP contribution in [0.15, 0.2) is 59.6 Å². The van der Waals surface area contributed by atoms with Crippen LogP contribution >= 0.6 is 23.4 Å². The molecular weight excluding hydrogens is 358 g/mol. The number of nitrogens with one attached hydrogen (secondary N) is 1. The molecule has 1 N–H and O–H groups in total. The van der Waals surface area contributed by atoms with Crippen LogP contribution in [0.25, 0.3) is 0 Å². The monoisotopic (exact) mass is 373 g/mol. The van der Waals surface area contributed by atoms with Crippen molar-refractivity contribution in [2.45, 2.75) is 11.7 Å². The molecule has 5 nitrogen and oxygen atoms in total. The Kier molecular flexibility index (Phi) is 5.40. The van der Waals surface area contributed by atoms with Crippen LogP contribution in [0.1, 0.15) is 6.42 Å². The van der Waals surface area contributed by atoms with Crippen LogP contribution in [0.4, 0.5) is 11.4 Å². The number of hydrogen-bond donors (Lipinski definition) is 1. The molecule has 0 bridgehead atoms. The van der Waals surface area contributed by atoms with Crippen molar-refractivity contribution in [3.05, 3.63) is 59.6 Å². The van der Waals surface area contributed by atoms with Gasteiger partial charge in [-0.05, 0) is 30.3 Å². The van der Waals surface area contributed by atoms with Gasteiger partial charge in [0.25, 0.3) is 0 Å². The quantitative estimate of drug-likeness (QED) is 0.886. The maximum Gasteiger partial charge on any atom is 0.238 e. The molecule has 128 valence electrons. The lowest BCUT2D eigenvalue weighted by Gasteiger charge is -2.28. The number of aliphatic imine (C=N–C) groups is 1. The summed E-state index contributed by atoms with van der Waals surface area (Å²) in [5.41, 5.74) is 1.34. The number of anilines is 1. The molecule has 25 heavy (non-hydrogen) atoms. The van der Waals surface area contributed by atoms with Gasteiger partial charge in [0.1, 0.15) is 5.25 Å². The van der Waals surface area contributed by atoms with E-state index in [2.05, 4.69) is 10.3 Å². The maximum atomic E-state index is 12.5. The molecule has 2 aromatic carbocycles. The van der Waals surface area contributed by atoms with E-state index in [1.165, 1.54) is 16.7 Å². The molecule has 0 aliphatic carbocycles. The number of carbonyl (C=O) groups excluding carboxylic acids is 2. The van der Waals surface area contributed by atoms with Gasteiger partial charge in [-0.25, -0.2) is 4.99 Å². The normalized spacial score (nSPS) is 19.1. The Morgan fingerprint density at radius 3 is 2.72 bits per heavy atom. The summed E-state index contributed by atoms with van der Waals surface area (Å²) < 4.78 is 0. The summed E-state index contributed by atoms with van der Waals surface area (Å²) >= 11 is 7.25. The van der Waals surface area contributed by atoms with Gasteiger partial charge in [-0.15, -0.1) is 0 Å². The van der Waals surface area contributed by atoms with E-state index in [0.717, 1.165) is 0 Å². The highest BCUT2D eigenvalue weighted by Crippen LogP contribution is 2.29. The molecule has 0 spiro atoms. The lowest BCUT2D eigenvalue weighted by atomic mass is 10.2. The van der Waals surface area contributed by atoms with Crippen molar-refractivity contribution in [1.29, 1.82) is 0 Å². The molecule has 0 saturated carbocycles. The molecule has 0 aromatic heterocycles. The van der Waals surface area contributed by atoms with Crippen LogP contribution in [0.3, 0.4) is 0 Å². The number of thioether (sulfide) groups is 1. The largest absolute Gasteiger partial charge is 0.325 e. The highest BCUT2D eigenvalue weighted by atomic mass is 35.5. The van der Waals surface area contributed by atoms with Gasteiger partial charge in [0, 0.05) is 24.2 Å². The zero-order valence-electron chi connectivity index (χ0n) is 13.5. The first-order valence-electron chi connectivity index (χ1n) is 7.66. The predicted molar refractivity (Wildman–Crippen MR) is 102 cm³/mol. The molecule has 7 heteroatoms. The summed E-state index contributed by atoms with van der Waals surface area (Å²) in [6, 6.07) is 16.2. The second kappa shape index (κ2) is 7.72. The molecule has 1 saturated heterocycles. The van der Waals surface area contributed by atoms with E-state index in [4.69, 9.17) is 11.6 Å². The highest BCUT2D eigenvalue weighted by molar-refractivity contribution is 8.15. The smallest absolute Gasteiger partial charge is 0.238 e. The van der Waals surface area contributed by atoms with Crippen LogP contribution in [0, 0.1) is 0 Å². The number of benzene rings is 2. The fraction of sp³-hybridized carbons (Fsp3) is 0.167. The summed E-state index contributed by atoms with van der Waals surface area (Å²) in [5.74, 6) is -0.357. The van der Waals surface area contributed by atoms with Gasteiger partial charge >= 0.3 is 0 Å². The molecule has 0 radical (unpaired) electrons. The average molecular weight is 374 g/mol. The second-order valence-electron chi connectivity index (χ2n) is 5.49. The standard InChI is InChI=1S/C18H16ClN3O2S/c1-22-16(23)11-15(17(24)20-13-7-3-2-4-8-13)25-18(22)21-14-9-5-6-12(19)10-14/h2-10,15H,11H2,1H3,(H,20,24)/t15-/m1/s1. The van der Waals surface area contributed by atoms with Crippen LogP contribution < -0.4 is 5.32 Å². The van der Waals surface area contributed by atoms with Gasteiger partial charge in [0.2, 0.25) is 11.8 Å². The topological polar surface area (TPSA) is 61.8 Å². The maximum absolute atomic E-state index is 12.5. The van der Waals surface area contributed by atoms with E-state index in [1.54, 1.807) is 43.4 Å². The Balaban J connectivity index is 1.78. The third-order valence-electron chi connectivity index (χ3n) is 3.64. The van der Waals surface area contributed by atoms with E-state index >= 15 is 0 Å². The number of hydrogen-bond acceptors (Lipinski definition) is 4. The third kappa shape index (κ3) is 4.41. The van der Waals surface area contributed by atoms with E-state index in [0.29, 0.717) is 21.6 Å². The Morgan fingerprint density at radius 2 is 2.00 bits per heavy atom. The van der Waals surface area contributed by atoms with Crippen molar-refractivity contribution in [1.82, 2.24) is 4.90 Å². The molecule has 1 atom stereocenters. The minimum absolute atomic E-state index is 0.133.